The maximum Gasteiger partial charge on any atom is 0.308 e. The summed E-state index contributed by atoms with van der Waals surface area (Å²) in [4.78, 5) is 12.6. The second kappa shape index (κ2) is 10.2. The Labute approximate surface area is 197 Å². The molecule has 1 amide bonds. The van der Waals surface area contributed by atoms with Gasteiger partial charge in [0, 0.05) is 25.2 Å². The highest BCUT2D eigenvalue weighted by Gasteiger charge is 2.27. The minimum atomic E-state index is -3.50. The number of hydrogen-bond donors (Lipinski definition) is 1. The molecule has 11 heteroatoms. The summed E-state index contributed by atoms with van der Waals surface area (Å²) in [7, 11) is -0.363. The van der Waals surface area contributed by atoms with Gasteiger partial charge in [0.2, 0.25) is 15.9 Å². The van der Waals surface area contributed by atoms with Crippen LogP contribution in [0.3, 0.4) is 0 Å². The lowest BCUT2D eigenvalue weighted by Gasteiger charge is -2.15. The van der Waals surface area contributed by atoms with E-state index in [4.69, 9.17) is 13.9 Å². The monoisotopic (exact) mass is 486 g/mol. The normalized spacial score (nSPS) is 14.2. The van der Waals surface area contributed by atoms with Crippen LogP contribution in [-0.4, -0.2) is 62.7 Å². The molecule has 4 rings (SSSR count). The molecule has 0 bridgehead atoms. The van der Waals surface area contributed by atoms with Crippen LogP contribution in [0, 0.1) is 0 Å². The molecule has 180 valence electrons. The Bertz CT molecular complexity index is 1250. The van der Waals surface area contributed by atoms with Gasteiger partial charge in [-0.2, -0.15) is 4.31 Å². The number of amides is 1. The van der Waals surface area contributed by atoms with Crippen molar-refractivity contribution in [2.24, 2.45) is 0 Å². The lowest BCUT2D eigenvalue weighted by Crippen LogP contribution is -2.27. The Balaban J connectivity index is 1.36. The molecule has 0 aliphatic carbocycles. The first-order valence-electron chi connectivity index (χ1n) is 10.9. The highest BCUT2D eigenvalue weighted by atomic mass is 32.2. The molecule has 0 atom stereocenters. The summed E-state index contributed by atoms with van der Waals surface area (Å²) in [5, 5.41) is 10.5. The number of ether oxygens (including phenoxy) is 2. The summed E-state index contributed by atoms with van der Waals surface area (Å²) in [5.74, 6) is 0.723. The van der Waals surface area contributed by atoms with Crippen molar-refractivity contribution in [3.05, 3.63) is 53.9 Å². The van der Waals surface area contributed by atoms with Gasteiger partial charge in [0.15, 0.2) is 11.5 Å². The van der Waals surface area contributed by atoms with E-state index in [1.54, 1.807) is 26.4 Å². The highest BCUT2D eigenvalue weighted by Crippen LogP contribution is 2.28. The van der Waals surface area contributed by atoms with Gasteiger partial charge in [-0.15, -0.1) is 10.2 Å². The Morgan fingerprint density at radius 3 is 2.41 bits per heavy atom. The SMILES string of the molecule is COc1ccc(CCNC(=O)c2nnc(-c3ccc(S(=O)(=O)N4CCCC4)cc3)o2)cc1OC. The van der Waals surface area contributed by atoms with Gasteiger partial charge >= 0.3 is 11.8 Å². The number of nitrogens with zero attached hydrogens (tertiary/aromatic N) is 3. The van der Waals surface area contributed by atoms with Gasteiger partial charge < -0.3 is 19.2 Å². The van der Waals surface area contributed by atoms with Crippen LogP contribution in [0.2, 0.25) is 0 Å². The molecule has 1 saturated heterocycles. The van der Waals surface area contributed by atoms with Crippen LogP contribution < -0.4 is 14.8 Å². The largest absolute Gasteiger partial charge is 0.493 e. The van der Waals surface area contributed by atoms with Crippen molar-refractivity contribution in [3.63, 3.8) is 0 Å². The first-order valence-corrected chi connectivity index (χ1v) is 12.3. The van der Waals surface area contributed by atoms with E-state index in [-0.39, 0.29) is 16.7 Å². The van der Waals surface area contributed by atoms with Crippen molar-refractivity contribution in [1.82, 2.24) is 19.8 Å². The van der Waals surface area contributed by atoms with E-state index < -0.39 is 15.9 Å². The summed E-state index contributed by atoms with van der Waals surface area (Å²) in [6.45, 7) is 1.44. The van der Waals surface area contributed by atoms with E-state index in [9.17, 15) is 13.2 Å². The molecule has 0 spiro atoms. The zero-order chi connectivity index (χ0) is 24.1. The molecule has 3 aromatic rings. The smallest absolute Gasteiger partial charge is 0.308 e. The molecule has 2 aromatic carbocycles. The van der Waals surface area contributed by atoms with E-state index in [2.05, 4.69) is 15.5 Å². The van der Waals surface area contributed by atoms with E-state index in [0.717, 1.165) is 18.4 Å². The minimum Gasteiger partial charge on any atom is -0.493 e. The van der Waals surface area contributed by atoms with Gasteiger partial charge in [0.05, 0.1) is 19.1 Å². The second-order valence-electron chi connectivity index (χ2n) is 7.74. The summed E-state index contributed by atoms with van der Waals surface area (Å²) in [5.41, 5.74) is 1.49. The summed E-state index contributed by atoms with van der Waals surface area (Å²) < 4.78 is 42.8. The Hall–Kier alpha value is -3.44. The summed E-state index contributed by atoms with van der Waals surface area (Å²) >= 11 is 0. The number of carbonyl (C=O) groups is 1. The Morgan fingerprint density at radius 2 is 1.74 bits per heavy atom. The highest BCUT2D eigenvalue weighted by molar-refractivity contribution is 7.89. The average Bonchev–Trinajstić information content (AvgIpc) is 3.57. The molecular formula is C23H26N4O6S. The van der Waals surface area contributed by atoms with E-state index in [1.807, 2.05) is 18.2 Å². The van der Waals surface area contributed by atoms with Crippen molar-refractivity contribution >= 4 is 15.9 Å². The lowest BCUT2D eigenvalue weighted by atomic mass is 10.1. The Kier molecular flexibility index (Phi) is 7.13. The third-order valence-corrected chi connectivity index (χ3v) is 7.48. The lowest BCUT2D eigenvalue weighted by molar-refractivity contribution is 0.0920. The molecule has 2 heterocycles. The number of carbonyl (C=O) groups excluding carboxylic acids is 1. The molecule has 1 aromatic heterocycles. The zero-order valence-electron chi connectivity index (χ0n) is 19.0. The van der Waals surface area contributed by atoms with Crippen molar-refractivity contribution in [2.75, 3.05) is 33.9 Å². The van der Waals surface area contributed by atoms with Crippen LogP contribution in [0.15, 0.2) is 51.8 Å². The maximum atomic E-state index is 12.7. The first-order chi connectivity index (χ1) is 16.4. The quantitative estimate of drug-likeness (QED) is 0.489. The topological polar surface area (TPSA) is 124 Å². The fraction of sp³-hybridized carbons (Fsp3) is 0.348. The molecule has 1 N–H and O–H groups in total. The number of aromatic nitrogens is 2. The van der Waals surface area contributed by atoms with Crippen molar-refractivity contribution in [2.45, 2.75) is 24.2 Å². The fourth-order valence-corrected chi connectivity index (χ4v) is 5.23. The molecule has 0 saturated carbocycles. The summed E-state index contributed by atoms with van der Waals surface area (Å²) in [6.07, 6.45) is 2.32. The van der Waals surface area contributed by atoms with Crippen LogP contribution in [0.5, 0.6) is 11.5 Å². The number of nitrogens with one attached hydrogen (secondary N) is 1. The molecule has 0 radical (unpaired) electrons. The number of rotatable bonds is 9. The second-order valence-corrected chi connectivity index (χ2v) is 9.68. The summed E-state index contributed by atoms with van der Waals surface area (Å²) in [6, 6.07) is 11.8. The number of sulfonamides is 1. The van der Waals surface area contributed by atoms with Gasteiger partial charge in [-0.25, -0.2) is 8.42 Å². The molecule has 1 fully saturated rings. The van der Waals surface area contributed by atoms with E-state index >= 15 is 0 Å². The van der Waals surface area contributed by atoms with Gasteiger partial charge in [0.25, 0.3) is 0 Å². The average molecular weight is 487 g/mol. The molecule has 34 heavy (non-hydrogen) atoms. The standard InChI is InChI=1S/C23H26N4O6S/c1-31-19-10-5-16(15-20(19)32-2)11-12-24-21(28)23-26-25-22(33-23)17-6-8-18(9-7-17)34(29,30)27-13-3-4-14-27/h5-10,15H,3-4,11-14H2,1-2H3,(H,24,28). The third-order valence-electron chi connectivity index (χ3n) is 5.57. The molecule has 1 aliphatic heterocycles. The van der Waals surface area contributed by atoms with Crippen molar-refractivity contribution in [1.29, 1.82) is 0 Å². The van der Waals surface area contributed by atoms with E-state index in [1.165, 1.54) is 16.4 Å². The van der Waals surface area contributed by atoms with Crippen molar-refractivity contribution < 1.29 is 27.1 Å². The van der Waals surface area contributed by atoms with E-state index in [0.29, 0.717) is 43.1 Å². The molecule has 0 unspecified atom stereocenters. The van der Waals surface area contributed by atoms with Gasteiger partial charge in [-0.1, -0.05) is 6.07 Å². The van der Waals surface area contributed by atoms with Gasteiger partial charge in [-0.3, -0.25) is 4.79 Å². The van der Waals surface area contributed by atoms with Crippen LogP contribution >= 0.6 is 0 Å². The fourth-order valence-electron chi connectivity index (χ4n) is 3.71. The molecule has 10 nitrogen and oxygen atoms in total. The Morgan fingerprint density at radius 1 is 1.03 bits per heavy atom. The predicted molar refractivity (Wildman–Crippen MR) is 123 cm³/mol. The van der Waals surface area contributed by atoms with Crippen LogP contribution in [-0.2, 0) is 16.4 Å². The van der Waals surface area contributed by atoms with Crippen LogP contribution in [0.1, 0.15) is 29.1 Å². The van der Waals surface area contributed by atoms with Gasteiger partial charge in [-0.05, 0) is 61.2 Å². The number of benzene rings is 2. The third kappa shape index (κ3) is 5.05. The number of methoxy groups -OCH3 is 2. The minimum absolute atomic E-state index is 0.134. The van der Waals surface area contributed by atoms with Crippen molar-refractivity contribution in [3.8, 4) is 23.0 Å². The molecular weight excluding hydrogens is 460 g/mol. The number of hydrogen-bond acceptors (Lipinski definition) is 8. The maximum absolute atomic E-state index is 12.7. The zero-order valence-corrected chi connectivity index (χ0v) is 19.8. The predicted octanol–water partition coefficient (Wildman–Crippen LogP) is 2.51. The molecule has 1 aliphatic rings. The first kappa shape index (κ1) is 23.7. The van der Waals surface area contributed by atoms with Crippen LogP contribution in [0.25, 0.3) is 11.5 Å². The van der Waals surface area contributed by atoms with Gasteiger partial charge in [0.1, 0.15) is 0 Å². The van der Waals surface area contributed by atoms with Crippen LogP contribution in [0.4, 0.5) is 0 Å².